The van der Waals surface area contributed by atoms with Crippen molar-refractivity contribution >= 4 is 22.6 Å². The van der Waals surface area contributed by atoms with Crippen LogP contribution in [0.2, 0.25) is 5.02 Å². The third-order valence-corrected chi connectivity index (χ3v) is 4.52. The molecule has 3 rings (SSSR count). The summed E-state index contributed by atoms with van der Waals surface area (Å²) in [6.07, 6.45) is 0.662. The van der Waals surface area contributed by atoms with E-state index in [9.17, 15) is 0 Å². The van der Waals surface area contributed by atoms with Gasteiger partial charge in [-0.05, 0) is 30.2 Å². The molecule has 126 valence electrons. The van der Waals surface area contributed by atoms with E-state index in [1.807, 2.05) is 36.4 Å². The highest BCUT2D eigenvalue weighted by atomic mass is 35.5. The van der Waals surface area contributed by atoms with Crippen molar-refractivity contribution in [1.29, 1.82) is 0 Å². The van der Waals surface area contributed by atoms with Crippen LogP contribution in [0.3, 0.4) is 0 Å². The summed E-state index contributed by atoms with van der Waals surface area (Å²) in [7, 11) is 3.16. The summed E-state index contributed by atoms with van der Waals surface area (Å²) in [6, 6.07) is 11.7. The van der Waals surface area contributed by atoms with Crippen LogP contribution in [0.4, 0.5) is 0 Å². The molecule has 0 amide bonds. The third-order valence-electron chi connectivity index (χ3n) is 4.11. The number of aromatic amines is 1. The van der Waals surface area contributed by atoms with Gasteiger partial charge >= 0.3 is 0 Å². The third kappa shape index (κ3) is 3.05. The molecule has 6 heteroatoms. The fourth-order valence-corrected chi connectivity index (χ4v) is 3.12. The second-order valence-corrected chi connectivity index (χ2v) is 5.93. The number of para-hydroxylation sites is 2. The normalized spacial score (nSPS) is 12.3. The van der Waals surface area contributed by atoms with Crippen molar-refractivity contribution in [2.24, 2.45) is 5.73 Å². The van der Waals surface area contributed by atoms with Gasteiger partial charge in [0.1, 0.15) is 5.82 Å². The standard InChI is InChI=1S/C18H20ClN3O2/c1-23-15-8-7-11(16(19)17(15)24-2)9-12(10-20)18-21-13-5-3-4-6-14(13)22-18/h3-8,12H,9-10,20H2,1-2H3,(H,21,22). The molecule has 0 fully saturated rings. The van der Waals surface area contributed by atoms with Gasteiger partial charge in [0.25, 0.3) is 0 Å². The Balaban J connectivity index is 1.93. The molecular formula is C18H20ClN3O2. The predicted molar refractivity (Wildman–Crippen MR) is 96.1 cm³/mol. The van der Waals surface area contributed by atoms with Crippen molar-refractivity contribution in [1.82, 2.24) is 9.97 Å². The molecule has 0 bridgehead atoms. The number of methoxy groups -OCH3 is 2. The highest BCUT2D eigenvalue weighted by molar-refractivity contribution is 6.33. The van der Waals surface area contributed by atoms with Crippen LogP contribution in [0.1, 0.15) is 17.3 Å². The van der Waals surface area contributed by atoms with Gasteiger partial charge in [-0.25, -0.2) is 4.98 Å². The van der Waals surface area contributed by atoms with Gasteiger partial charge in [-0.2, -0.15) is 0 Å². The number of H-pyrrole nitrogens is 1. The average Bonchev–Trinajstić information content (AvgIpc) is 3.04. The SMILES string of the molecule is COc1ccc(CC(CN)c2nc3ccccc3[nH]2)c(Cl)c1OC. The lowest BCUT2D eigenvalue weighted by Crippen LogP contribution is -2.16. The number of nitrogens with one attached hydrogen (secondary N) is 1. The largest absolute Gasteiger partial charge is 0.493 e. The summed E-state index contributed by atoms with van der Waals surface area (Å²) in [4.78, 5) is 8.00. The van der Waals surface area contributed by atoms with E-state index in [4.69, 9.17) is 26.8 Å². The molecule has 24 heavy (non-hydrogen) atoms. The number of ether oxygens (including phenoxy) is 2. The highest BCUT2D eigenvalue weighted by Gasteiger charge is 2.19. The molecule has 5 nitrogen and oxygen atoms in total. The molecule has 0 saturated heterocycles. The molecule has 0 aliphatic rings. The fraction of sp³-hybridized carbons (Fsp3) is 0.278. The maximum absolute atomic E-state index is 6.48. The van der Waals surface area contributed by atoms with Crippen LogP contribution in [0.15, 0.2) is 36.4 Å². The van der Waals surface area contributed by atoms with E-state index in [0.717, 1.165) is 22.4 Å². The van der Waals surface area contributed by atoms with E-state index < -0.39 is 0 Å². The molecule has 3 aromatic rings. The number of nitrogens with zero attached hydrogens (tertiary/aromatic N) is 1. The number of hydrogen-bond donors (Lipinski definition) is 2. The molecule has 0 aliphatic carbocycles. The lowest BCUT2D eigenvalue weighted by molar-refractivity contribution is 0.354. The molecule has 2 aromatic carbocycles. The van der Waals surface area contributed by atoms with E-state index >= 15 is 0 Å². The summed E-state index contributed by atoms with van der Waals surface area (Å²) in [5, 5.41) is 0.548. The Kier molecular flexibility index (Phi) is 4.92. The van der Waals surface area contributed by atoms with Crippen LogP contribution in [-0.4, -0.2) is 30.7 Å². The fourth-order valence-electron chi connectivity index (χ4n) is 2.81. The Morgan fingerprint density at radius 2 is 1.96 bits per heavy atom. The van der Waals surface area contributed by atoms with Crippen LogP contribution in [0.5, 0.6) is 11.5 Å². The zero-order valence-electron chi connectivity index (χ0n) is 13.7. The Morgan fingerprint density at radius 3 is 2.62 bits per heavy atom. The van der Waals surface area contributed by atoms with Crippen LogP contribution in [0, 0.1) is 0 Å². The van der Waals surface area contributed by atoms with E-state index in [1.54, 1.807) is 14.2 Å². The smallest absolute Gasteiger partial charge is 0.179 e. The van der Waals surface area contributed by atoms with Gasteiger partial charge in [0.05, 0.1) is 30.3 Å². The lowest BCUT2D eigenvalue weighted by atomic mass is 9.98. The highest BCUT2D eigenvalue weighted by Crippen LogP contribution is 2.38. The van der Waals surface area contributed by atoms with E-state index in [0.29, 0.717) is 29.5 Å². The number of halogens is 1. The molecule has 0 radical (unpaired) electrons. The molecule has 1 heterocycles. The molecule has 0 spiro atoms. The van der Waals surface area contributed by atoms with Gasteiger partial charge in [-0.1, -0.05) is 29.8 Å². The monoisotopic (exact) mass is 345 g/mol. The first-order valence-electron chi connectivity index (χ1n) is 7.72. The second kappa shape index (κ2) is 7.11. The molecule has 0 aliphatic heterocycles. The number of fused-ring (bicyclic) bond motifs is 1. The first-order valence-corrected chi connectivity index (χ1v) is 8.09. The van der Waals surface area contributed by atoms with E-state index in [2.05, 4.69) is 9.97 Å². The van der Waals surface area contributed by atoms with Gasteiger partial charge in [-0.15, -0.1) is 0 Å². The number of nitrogens with two attached hydrogens (primary N) is 1. The minimum atomic E-state index is 0.0352. The molecule has 1 aromatic heterocycles. The van der Waals surface area contributed by atoms with Crippen molar-refractivity contribution in [2.45, 2.75) is 12.3 Å². The average molecular weight is 346 g/mol. The number of rotatable bonds is 6. The quantitative estimate of drug-likeness (QED) is 0.717. The van der Waals surface area contributed by atoms with Crippen LogP contribution < -0.4 is 15.2 Å². The van der Waals surface area contributed by atoms with Crippen molar-refractivity contribution in [3.8, 4) is 11.5 Å². The van der Waals surface area contributed by atoms with Gasteiger partial charge in [-0.3, -0.25) is 0 Å². The number of benzene rings is 2. The van der Waals surface area contributed by atoms with Crippen LogP contribution in [0.25, 0.3) is 11.0 Å². The second-order valence-electron chi connectivity index (χ2n) is 5.55. The Hall–Kier alpha value is -2.24. The van der Waals surface area contributed by atoms with Gasteiger partial charge in [0, 0.05) is 12.5 Å². The maximum atomic E-state index is 6.48. The van der Waals surface area contributed by atoms with E-state index in [1.165, 1.54) is 0 Å². The zero-order chi connectivity index (χ0) is 17.1. The summed E-state index contributed by atoms with van der Waals surface area (Å²) < 4.78 is 10.6. The van der Waals surface area contributed by atoms with Crippen molar-refractivity contribution < 1.29 is 9.47 Å². The first-order chi connectivity index (χ1) is 11.7. The van der Waals surface area contributed by atoms with Crippen molar-refractivity contribution in [3.63, 3.8) is 0 Å². The predicted octanol–water partition coefficient (Wildman–Crippen LogP) is 3.52. The first kappa shape index (κ1) is 16.6. The molecule has 1 unspecified atom stereocenters. The minimum Gasteiger partial charge on any atom is -0.493 e. The summed E-state index contributed by atoms with van der Waals surface area (Å²) in [6.45, 7) is 0.463. The van der Waals surface area contributed by atoms with Crippen molar-refractivity contribution in [2.75, 3.05) is 20.8 Å². The molecule has 1 atom stereocenters. The van der Waals surface area contributed by atoms with Crippen molar-refractivity contribution in [3.05, 3.63) is 52.8 Å². The lowest BCUT2D eigenvalue weighted by Gasteiger charge is -2.16. The number of imidazole rings is 1. The summed E-state index contributed by atoms with van der Waals surface area (Å²) in [5.41, 5.74) is 8.88. The molecular weight excluding hydrogens is 326 g/mol. The van der Waals surface area contributed by atoms with Gasteiger partial charge in [0.15, 0.2) is 11.5 Å². The topological polar surface area (TPSA) is 73.2 Å². The zero-order valence-corrected chi connectivity index (χ0v) is 14.4. The van der Waals surface area contributed by atoms with Gasteiger partial charge < -0.3 is 20.2 Å². The maximum Gasteiger partial charge on any atom is 0.179 e. The number of hydrogen-bond acceptors (Lipinski definition) is 4. The van der Waals surface area contributed by atoms with Crippen LogP contribution in [-0.2, 0) is 6.42 Å². The minimum absolute atomic E-state index is 0.0352. The van der Waals surface area contributed by atoms with Crippen LogP contribution >= 0.6 is 11.6 Å². The molecule has 0 saturated carbocycles. The number of aromatic nitrogens is 2. The van der Waals surface area contributed by atoms with Gasteiger partial charge in [0.2, 0.25) is 0 Å². The Labute approximate surface area is 145 Å². The summed E-state index contributed by atoms with van der Waals surface area (Å²) in [5.74, 6) is 2.05. The Bertz CT molecular complexity index is 814. The summed E-state index contributed by atoms with van der Waals surface area (Å²) >= 11 is 6.48. The van der Waals surface area contributed by atoms with E-state index in [-0.39, 0.29) is 5.92 Å². The Morgan fingerprint density at radius 1 is 1.17 bits per heavy atom. The molecule has 3 N–H and O–H groups in total.